The third-order valence-corrected chi connectivity index (χ3v) is 4.07. The van der Waals surface area contributed by atoms with Crippen molar-refractivity contribution in [2.75, 3.05) is 26.2 Å². The maximum atomic E-state index is 12.4. The van der Waals surface area contributed by atoms with Gasteiger partial charge in [0.25, 0.3) is 0 Å². The van der Waals surface area contributed by atoms with Crippen LogP contribution in [-0.2, 0) is 16.0 Å². The monoisotopic (exact) mass is 372 g/mol. The first kappa shape index (κ1) is 20.1. The van der Waals surface area contributed by atoms with E-state index >= 15 is 0 Å². The van der Waals surface area contributed by atoms with E-state index in [1.54, 1.807) is 9.80 Å². The zero-order valence-corrected chi connectivity index (χ0v) is 15.1. The summed E-state index contributed by atoms with van der Waals surface area (Å²) in [6, 6.07) is 5.27. The molecule has 1 aromatic rings. The van der Waals surface area contributed by atoms with Crippen LogP contribution in [0.3, 0.4) is 0 Å². The standard InChI is InChI=1S/C18H23F3N2O3/c1-17(2,3)16(25)23-10-8-22(9-11-23)15(24)12-13-4-6-14(7-5-13)26-18(19,20)21/h4-7H,8-12H2,1-3H3. The van der Waals surface area contributed by atoms with Gasteiger partial charge in [-0.1, -0.05) is 32.9 Å². The van der Waals surface area contributed by atoms with Crippen molar-refractivity contribution in [2.24, 2.45) is 5.41 Å². The van der Waals surface area contributed by atoms with Gasteiger partial charge in [-0.25, -0.2) is 0 Å². The number of halogens is 3. The molecule has 144 valence electrons. The lowest BCUT2D eigenvalue weighted by Gasteiger charge is -2.37. The number of ether oxygens (including phenoxy) is 1. The summed E-state index contributed by atoms with van der Waals surface area (Å²) >= 11 is 0. The summed E-state index contributed by atoms with van der Waals surface area (Å²) in [7, 11) is 0. The molecule has 26 heavy (non-hydrogen) atoms. The van der Waals surface area contributed by atoms with E-state index in [0.29, 0.717) is 31.7 Å². The van der Waals surface area contributed by atoms with Gasteiger partial charge in [0.15, 0.2) is 0 Å². The zero-order chi connectivity index (χ0) is 19.5. The van der Waals surface area contributed by atoms with Crippen molar-refractivity contribution in [2.45, 2.75) is 33.6 Å². The molecule has 2 rings (SSSR count). The topological polar surface area (TPSA) is 49.9 Å². The fraction of sp³-hybridized carbons (Fsp3) is 0.556. The van der Waals surface area contributed by atoms with Crippen LogP contribution in [0.15, 0.2) is 24.3 Å². The lowest BCUT2D eigenvalue weighted by molar-refractivity contribution is -0.274. The molecule has 0 radical (unpaired) electrons. The summed E-state index contributed by atoms with van der Waals surface area (Å²) < 4.78 is 40.2. The molecule has 1 heterocycles. The van der Waals surface area contributed by atoms with Crippen LogP contribution in [0.25, 0.3) is 0 Å². The number of benzene rings is 1. The van der Waals surface area contributed by atoms with E-state index in [-0.39, 0.29) is 24.0 Å². The molecule has 1 saturated heterocycles. The van der Waals surface area contributed by atoms with Crippen molar-refractivity contribution in [1.29, 1.82) is 0 Å². The van der Waals surface area contributed by atoms with Crippen LogP contribution >= 0.6 is 0 Å². The van der Waals surface area contributed by atoms with Gasteiger partial charge in [0.2, 0.25) is 11.8 Å². The Kier molecular flexibility index (Phi) is 5.83. The van der Waals surface area contributed by atoms with E-state index in [1.165, 1.54) is 24.3 Å². The summed E-state index contributed by atoms with van der Waals surface area (Å²) in [6.45, 7) is 7.46. The maximum Gasteiger partial charge on any atom is 0.573 e. The van der Waals surface area contributed by atoms with Crippen molar-refractivity contribution >= 4 is 11.8 Å². The number of hydrogen-bond acceptors (Lipinski definition) is 3. The van der Waals surface area contributed by atoms with E-state index in [2.05, 4.69) is 4.74 Å². The third-order valence-electron chi connectivity index (χ3n) is 4.07. The van der Waals surface area contributed by atoms with Crippen molar-refractivity contribution in [3.05, 3.63) is 29.8 Å². The van der Waals surface area contributed by atoms with Gasteiger partial charge in [-0.3, -0.25) is 9.59 Å². The molecule has 2 amide bonds. The van der Waals surface area contributed by atoms with Gasteiger partial charge in [-0.05, 0) is 17.7 Å². The number of piperazine rings is 1. The molecule has 1 fully saturated rings. The minimum Gasteiger partial charge on any atom is -0.406 e. The summed E-state index contributed by atoms with van der Waals surface area (Å²) in [6.07, 6.45) is -4.64. The minimum absolute atomic E-state index is 0.0600. The van der Waals surface area contributed by atoms with Crippen molar-refractivity contribution in [3.8, 4) is 5.75 Å². The lowest BCUT2D eigenvalue weighted by atomic mass is 9.94. The summed E-state index contributed by atoms with van der Waals surface area (Å²) in [4.78, 5) is 28.0. The molecule has 0 N–H and O–H groups in total. The number of carbonyl (C=O) groups is 2. The lowest BCUT2D eigenvalue weighted by Crippen LogP contribution is -2.53. The van der Waals surface area contributed by atoms with Crippen LogP contribution in [-0.4, -0.2) is 54.2 Å². The molecule has 1 aliphatic heterocycles. The Balaban J connectivity index is 1.86. The summed E-state index contributed by atoms with van der Waals surface area (Å²) in [5.74, 6) is -0.370. The van der Waals surface area contributed by atoms with Crippen LogP contribution in [0, 0.1) is 5.41 Å². The Morgan fingerprint density at radius 3 is 1.92 bits per heavy atom. The van der Waals surface area contributed by atoms with Gasteiger partial charge in [0, 0.05) is 31.6 Å². The average Bonchev–Trinajstić information content (AvgIpc) is 2.54. The predicted molar refractivity (Wildman–Crippen MR) is 89.4 cm³/mol. The van der Waals surface area contributed by atoms with Crippen LogP contribution in [0.2, 0.25) is 0 Å². The molecular weight excluding hydrogens is 349 g/mol. The highest BCUT2D eigenvalue weighted by Gasteiger charge is 2.32. The Hall–Kier alpha value is -2.25. The van der Waals surface area contributed by atoms with E-state index in [9.17, 15) is 22.8 Å². The molecule has 0 saturated carbocycles. The number of rotatable bonds is 3. The largest absolute Gasteiger partial charge is 0.573 e. The van der Waals surface area contributed by atoms with E-state index in [0.717, 1.165) is 0 Å². The third kappa shape index (κ3) is 5.64. The van der Waals surface area contributed by atoms with Gasteiger partial charge >= 0.3 is 6.36 Å². The molecule has 0 unspecified atom stereocenters. The highest BCUT2D eigenvalue weighted by molar-refractivity contribution is 5.82. The van der Waals surface area contributed by atoms with Crippen molar-refractivity contribution in [1.82, 2.24) is 9.80 Å². The Morgan fingerprint density at radius 2 is 1.46 bits per heavy atom. The second kappa shape index (κ2) is 7.55. The summed E-state index contributed by atoms with van der Waals surface area (Å²) in [5.41, 5.74) is 0.157. The van der Waals surface area contributed by atoms with Gasteiger partial charge < -0.3 is 14.5 Å². The van der Waals surface area contributed by atoms with E-state index in [4.69, 9.17) is 0 Å². The Labute approximate surface area is 150 Å². The molecule has 8 heteroatoms. The molecule has 0 bridgehead atoms. The molecule has 1 aliphatic rings. The number of carbonyl (C=O) groups excluding carboxylic acids is 2. The molecular formula is C18H23F3N2O3. The second-order valence-corrected chi connectivity index (χ2v) is 7.29. The summed E-state index contributed by atoms with van der Waals surface area (Å²) in [5, 5.41) is 0. The normalized spacial score (nSPS) is 15.8. The van der Waals surface area contributed by atoms with Gasteiger partial charge in [-0.2, -0.15) is 0 Å². The Bertz CT molecular complexity index is 643. The Morgan fingerprint density at radius 1 is 0.962 bits per heavy atom. The first-order valence-electron chi connectivity index (χ1n) is 8.37. The molecule has 0 aromatic heterocycles. The van der Waals surface area contributed by atoms with Crippen molar-refractivity contribution < 1.29 is 27.5 Å². The van der Waals surface area contributed by atoms with Gasteiger partial charge in [0.1, 0.15) is 5.75 Å². The number of hydrogen-bond donors (Lipinski definition) is 0. The van der Waals surface area contributed by atoms with Crippen LogP contribution < -0.4 is 4.74 Å². The zero-order valence-electron chi connectivity index (χ0n) is 15.1. The van der Waals surface area contributed by atoms with Gasteiger partial charge in [-0.15, -0.1) is 13.2 Å². The smallest absolute Gasteiger partial charge is 0.406 e. The quantitative estimate of drug-likeness (QED) is 0.820. The highest BCUT2D eigenvalue weighted by atomic mass is 19.4. The fourth-order valence-corrected chi connectivity index (χ4v) is 2.73. The SMILES string of the molecule is CC(C)(C)C(=O)N1CCN(C(=O)Cc2ccc(OC(F)(F)F)cc2)CC1. The average molecular weight is 372 g/mol. The molecule has 0 spiro atoms. The fourth-order valence-electron chi connectivity index (χ4n) is 2.73. The second-order valence-electron chi connectivity index (χ2n) is 7.29. The highest BCUT2D eigenvalue weighted by Crippen LogP contribution is 2.23. The molecule has 1 aromatic carbocycles. The van der Waals surface area contributed by atoms with Crippen LogP contribution in [0.4, 0.5) is 13.2 Å². The van der Waals surface area contributed by atoms with Gasteiger partial charge in [0.05, 0.1) is 6.42 Å². The number of alkyl halides is 3. The number of amides is 2. The maximum absolute atomic E-state index is 12.4. The minimum atomic E-state index is -4.73. The predicted octanol–water partition coefficient (Wildman–Crippen LogP) is 2.84. The first-order valence-corrected chi connectivity index (χ1v) is 8.37. The van der Waals surface area contributed by atoms with Crippen LogP contribution in [0.5, 0.6) is 5.75 Å². The molecule has 5 nitrogen and oxygen atoms in total. The van der Waals surface area contributed by atoms with E-state index < -0.39 is 11.8 Å². The van der Waals surface area contributed by atoms with E-state index in [1.807, 2.05) is 20.8 Å². The first-order chi connectivity index (χ1) is 12.0. The molecule has 0 atom stereocenters. The molecule has 0 aliphatic carbocycles. The van der Waals surface area contributed by atoms with Crippen molar-refractivity contribution in [3.63, 3.8) is 0 Å². The van der Waals surface area contributed by atoms with Crippen LogP contribution in [0.1, 0.15) is 26.3 Å². The number of nitrogens with zero attached hydrogens (tertiary/aromatic N) is 2.